The van der Waals surface area contributed by atoms with Crippen molar-refractivity contribution in [2.24, 2.45) is 0 Å². The van der Waals surface area contributed by atoms with Gasteiger partial charge in [0.2, 0.25) is 0 Å². The number of benzene rings is 1. The van der Waals surface area contributed by atoms with Crippen LogP contribution in [0.3, 0.4) is 0 Å². The van der Waals surface area contributed by atoms with Crippen LogP contribution in [-0.2, 0) is 0 Å². The Morgan fingerprint density at radius 3 is 2.65 bits per heavy atom. The lowest BCUT2D eigenvalue weighted by molar-refractivity contribution is 0.165. The molecule has 0 saturated heterocycles. The molecular weight excluding hydrogens is 262 g/mol. The molecule has 2 rings (SSSR count). The van der Waals surface area contributed by atoms with Crippen molar-refractivity contribution < 1.29 is 13.9 Å². The molecule has 0 amide bonds. The molecule has 20 heavy (non-hydrogen) atoms. The van der Waals surface area contributed by atoms with Crippen LogP contribution in [0.25, 0.3) is 0 Å². The van der Waals surface area contributed by atoms with Gasteiger partial charge in [0.05, 0.1) is 18.0 Å². The third-order valence-corrected chi connectivity index (χ3v) is 3.08. The quantitative estimate of drug-likeness (QED) is 0.913. The van der Waals surface area contributed by atoms with Crippen LogP contribution in [0.5, 0.6) is 0 Å². The summed E-state index contributed by atoms with van der Waals surface area (Å²) in [7, 11) is 1.82. The Hall–Kier alpha value is -2.01. The SMILES string of the molecule is CN(CCC(O)c1ccc(F)cn1)c1cccc(F)c1. The molecule has 0 aliphatic heterocycles. The first-order chi connectivity index (χ1) is 9.56. The Morgan fingerprint density at radius 2 is 2.00 bits per heavy atom. The molecule has 0 saturated carbocycles. The third kappa shape index (κ3) is 3.74. The molecule has 0 spiro atoms. The van der Waals surface area contributed by atoms with E-state index in [4.69, 9.17) is 0 Å². The molecular formula is C15H16F2N2O. The van der Waals surface area contributed by atoms with Crippen LogP contribution in [0.4, 0.5) is 14.5 Å². The van der Waals surface area contributed by atoms with E-state index in [0.717, 1.165) is 11.9 Å². The van der Waals surface area contributed by atoms with Crippen molar-refractivity contribution in [1.29, 1.82) is 0 Å². The van der Waals surface area contributed by atoms with Gasteiger partial charge in [-0.25, -0.2) is 8.78 Å². The van der Waals surface area contributed by atoms with Crippen molar-refractivity contribution in [1.82, 2.24) is 4.98 Å². The van der Waals surface area contributed by atoms with Crippen LogP contribution in [0.2, 0.25) is 0 Å². The Morgan fingerprint density at radius 1 is 1.20 bits per heavy atom. The normalized spacial score (nSPS) is 12.2. The highest BCUT2D eigenvalue weighted by molar-refractivity contribution is 5.45. The van der Waals surface area contributed by atoms with Gasteiger partial charge in [-0.3, -0.25) is 4.98 Å². The third-order valence-electron chi connectivity index (χ3n) is 3.08. The molecule has 3 nitrogen and oxygen atoms in total. The number of nitrogens with zero attached hydrogens (tertiary/aromatic N) is 2. The summed E-state index contributed by atoms with van der Waals surface area (Å²) in [4.78, 5) is 5.68. The standard InChI is InChI=1S/C15H16F2N2O/c1-19(13-4-2-3-11(16)9-13)8-7-15(20)14-6-5-12(17)10-18-14/h2-6,9-10,15,20H,7-8H2,1H3. The van der Waals surface area contributed by atoms with Crippen LogP contribution in [0.1, 0.15) is 18.2 Å². The molecule has 1 N–H and O–H groups in total. The highest BCUT2D eigenvalue weighted by Crippen LogP contribution is 2.18. The minimum atomic E-state index is -0.772. The fraction of sp³-hybridized carbons (Fsp3) is 0.267. The molecule has 0 fully saturated rings. The molecule has 0 bridgehead atoms. The number of aliphatic hydroxyl groups excluding tert-OH is 1. The lowest BCUT2D eigenvalue weighted by Gasteiger charge is -2.21. The smallest absolute Gasteiger partial charge is 0.141 e. The zero-order valence-corrected chi connectivity index (χ0v) is 11.1. The molecule has 0 aliphatic carbocycles. The van der Waals surface area contributed by atoms with Crippen molar-refractivity contribution in [3.8, 4) is 0 Å². The maximum absolute atomic E-state index is 13.1. The van der Waals surface area contributed by atoms with Crippen LogP contribution < -0.4 is 4.90 Å². The van der Waals surface area contributed by atoms with E-state index in [-0.39, 0.29) is 5.82 Å². The predicted octanol–water partition coefficient (Wildman–Crippen LogP) is 2.92. The van der Waals surface area contributed by atoms with Gasteiger partial charge in [0, 0.05) is 19.3 Å². The average molecular weight is 278 g/mol. The van der Waals surface area contributed by atoms with E-state index in [1.807, 2.05) is 11.9 Å². The van der Waals surface area contributed by atoms with Gasteiger partial charge >= 0.3 is 0 Å². The molecule has 0 aliphatic rings. The van der Waals surface area contributed by atoms with Gasteiger partial charge in [-0.2, -0.15) is 0 Å². The molecule has 1 aromatic carbocycles. The van der Waals surface area contributed by atoms with E-state index in [1.165, 1.54) is 24.3 Å². The maximum atomic E-state index is 13.1. The number of rotatable bonds is 5. The Bertz CT molecular complexity index is 560. The Kier molecular flexibility index (Phi) is 4.63. The lowest BCUT2D eigenvalue weighted by atomic mass is 10.1. The number of aliphatic hydroxyl groups is 1. The lowest BCUT2D eigenvalue weighted by Crippen LogP contribution is -2.20. The first kappa shape index (κ1) is 14.4. The van der Waals surface area contributed by atoms with Gasteiger partial charge in [-0.1, -0.05) is 6.07 Å². The van der Waals surface area contributed by atoms with E-state index in [9.17, 15) is 13.9 Å². The summed E-state index contributed by atoms with van der Waals surface area (Å²) in [5, 5.41) is 9.98. The summed E-state index contributed by atoms with van der Waals surface area (Å²) in [6, 6.07) is 8.98. The molecule has 0 radical (unpaired) electrons. The summed E-state index contributed by atoms with van der Waals surface area (Å²) in [5.74, 6) is -0.729. The summed E-state index contributed by atoms with van der Waals surface area (Å²) >= 11 is 0. The number of aromatic nitrogens is 1. The van der Waals surface area contributed by atoms with Crippen LogP contribution in [-0.4, -0.2) is 23.7 Å². The summed E-state index contributed by atoms with van der Waals surface area (Å²) < 4.78 is 25.8. The predicted molar refractivity (Wildman–Crippen MR) is 73.4 cm³/mol. The van der Waals surface area contributed by atoms with Gasteiger partial charge in [-0.05, 0) is 36.8 Å². The average Bonchev–Trinajstić information content (AvgIpc) is 2.45. The highest BCUT2D eigenvalue weighted by Gasteiger charge is 2.11. The van der Waals surface area contributed by atoms with Crippen molar-refractivity contribution >= 4 is 5.69 Å². The van der Waals surface area contributed by atoms with Crippen LogP contribution in [0.15, 0.2) is 42.6 Å². The Balaban J connectivity index is 1.93. The molecule has 1 atom stereocenters. The summed E-state index contributed by atoms with van der Waals surface area (Å²) in [5.41, 5.74) is 1.17. The number of halogens is 2. The zero-order valence-electron chi connectivity index (χ0n) is 11.1. The first-order valence-corrected chi connectivity index (χ1v) is 6.32. The molecule has 106 valence electrons. The Labute approximate surface area is 116 Å². The second-order valence-corrected chi connectivity index (χ2v) is 4.61. The summed E-state index contributed by atoms with van der Waals surface area (Å²) in [6.45, 7) is 0.531. The van der Waals surface area contributed by atoms with Gasteiger partial charge in [0.15, 0.2) is 0 Å². The molecule has 1 unspecified atom stereocenters. The topological polar surface area (TPSA) is 36.4 Å². The van der Waals surface area contributed by atoms with Gasteiger partial charge < -0.3 is 10.0 Å². The minimum Gasteiger partial charge on any atom is -0.387 e. The highest BCUT2D eigenvalue weighted by atomic mass is 19.1. The molecule has 5 heteroatoms. The monoisotopic (exact) mass is 278 g/mol. The number of anilines is 1. The largest absolute Gasteiger partial charge is 0.387 e. The summed E-state index contributed by atoms with van der Waals surface area (Å²) in [6.07, 6.45) is 0.729. The van der Waals surface area contributed by atoms with Crippen molar-refractivity contribution in [3.05, 3.63) is 59.9 Å². The van der Waals surface area contributed by atoms with Crippen molar-refractivity contribution in [2.75, 3.05) is 18.5 Å². The minimum absolute atomic E-state index is 0.296. The molecule has 2 aromatic rings. The second-order valence-electron chi connectivity index (χ2n) is 4.61. The van der Waals surface area contributed by atoms with E-state index >= 15 is 0 Å². The van der Waals surface area contributed by atoms with Crippen molar-refractivity contribution in [3.63, 3.8) is 0 Å². The number of hydrogen-bond donors (Lipinski definition) is 1. The van der Waals surface area contributed by atoms with E-state index in [0.29, 0.717) is 18.7 Å². The zero-order chi connectivity index (χ0) is 14.5. The molecule has 1 aromatic heterocycles. The van der Waals surface area contributed by atoms with Gasteiger partial charge in [0.25, 0.3) is 0 Å². The number of hydrogen-bond acceptors (Lipinski definition) is 3. The van der Waals surface area contributed by atoms with Crippen LogP contribution >= 0.6 is 0 Å². The first-order valence-electron chi connectivity index (χ1n) is 6.32. The fourth-order valence-electron chi connectivity index (χ4n) is 1.89. The molecule has 1 heterocycles. The van der Waals surface area contributed by atoms with E-state index in [2.05, 4.69) is 4.98 Å². The second kappa shape index (κ2) is 6.43. The van der Waals surface area contributed by atoms with Gasteiger partial charge in [0.1, 0.15) is 11.6 Å². The fourth-order valence-corrected chi connectivity index (χ4v) is 1.89. The van der Waals surface area contributed by atoms with E-state index in [1.54, 1.807) is 12.1 Å². The van der Waals surface area contributed by atoms with Gasteiger partial charge in [-0.15, -0.1) is 0 Å². The van der Waals surface area contributed by atoms with E-state index < -0.39 is 11.9 Å². The number of pyridine rings is 1. The van der Waals surface area contributed by atoms with Crippen molar-refractivity contribution in [2.45, 2.75) is 12.5 Å². The maximum Gasteiger partial charge on any atom is 0.141 e. The van der Waals surface area contributed by atoms with Crippen LogP contribution in [0, 0.1) is 11.6 Å².